The van der Waals surface area contributed by atoms with Crippen molar-refractivity contribution in [1.29, 1.82) is 0 Å². The molecule has 6 rings (SSSR count). The Balaban J connectivity index is 1.26. The monoisotopic (exact) mass is 658 g/mol. The molecule has 9 nitrogen and oxygen atoms in total. The van der Waals surface area contributed by atoms with Crippen LogP contribution in [0, 0.1) is 29.1 Å². The van der Waals surface area contributed by atoms with Gasteiger partial charge < -0.3 is 25.0 Å². The van der Waals surface area contributed by atoms with Gasteiger partial charge in [-0.2, -0.15) is 0 Å². The van der Waals surface area contributed by atoms with Crippen LogP contribution >= 0.6 is 0 Å². The van der Waals surface area contributed by atoms with Crippen molar-refractivity contribution < 1.29 is 28.2 Å². The second kappa shape index (κ2) is 13.3. The van der Waals surface area contributed by atoms with Crippen LogP contribution in [0.15, 0.2) is 11.8 Å². The fourth-order valence-corrected chi connectivity index (χ4v) is 10.1. The number of alkyl carbamates (subject to hydrolysis) is 1. The Hall–Kier alpha value is -2.20. The second-order valence-corrected chi connectivity index (χ2v) is 17.7. The zero-order chi connectivity index (χ0) is 33.8. The van der Waals surface area contributed by atoms with E-state index in [1.807, 2.05) is 27.0 Å². The van der Waals surface area contributed by atoms with E-state index in [9.17, 15) is 14.4 Å². The van der Waals surface area contributed by atoms with Crippen molar-refractivity contribution in [1.82, 2.24) is 20.4 Å². The van der Waals surface area contributed by atoms with E-state index in [4.69, 9.17) is 9.47 Å². The van der Waals surface area contributed by atoms with E-state index >= 15 is 4.39 Å². The molecule has 47 heavy (non-hydrogen) atoms. The Labute approximate surface area is 281 Å². The highest BCUT2D eigenvalue weighted by Gasteiger charge is 2.61. The number of alkyl halides is 1. The van der Waals surface area contributed by atoms with Gasteiger partial charge in [-0.05, 0) is 76.0 Å². The Morgan fingerprint density at radius 1 is 1.04 bits per heavy atom. The van der Waals surface area contributed by atoms with E-state index in [1.165, 1.54) is 25.7 Å². The maximum absolute atomic E-state index is 16.6. The number of ether oxygens (including phenoxy) is 2. The maximum atomic E-state index is 16.6. The molecule has 3 saturated carbocycles. The number of morpholine rings is 1. The van der Waals surface area contributed by atoms with Crippen LogP contribution in [0.1, 0.15) is 106 Å². The van der Waals surface area contributed by atoms with Crippen molar-refractivity contribution in [2.45, 2.75) is 154 Å². The summed E-state index contributed by atoms with van der Waals surface area (Å²) in [7, 11) is 0. The lowest BCUT2D eigenvalue weighted by molar-refractivity contribution is -0.219. The fourth-order valence-electron chi connectivity index (χ4n) is 10.1. The number of nitrogens with zero attached hydrogens (tertiary/aromatic N) is 2. The highest BCUT2D eigenvalue weighted by atomic mass is 19.1. The van der Waals surface area contributed by atoms with Gasteiger partial charge in [0.2, 0.25) is 0 Å². The predicted molar refractivity (Wildman–Crippen MR) is 178 cm³/mol. The Morgan fingerprint density at radius 3 is 2.43 bits per heavy atom. The molecule has 0 radical (unpaired) electrons. The van der Waals surface area contributed by atoms with Gasteiger partial charge in [0.15, 0.2) is 5.78 Å². The molecule has 3 aliphatic heterocycles. The summed E-state index contributed by atoms with van der Waals surface area (Å²) in [6, 6.07) is -0.915. The van der Waals surface area contributed by atoms with Crippen LogP contribution < -0.4 is 10.6 Å². The van der Waals surface area contributed by atoms with E-state index in [2.05, 4.69) is 48.1 Å². The highest BCUT2D eigenvalue weighted by molar-refractivity contribution is 6.20. The molecular formula is C37H59FN4O5. The molecular weight excluding hydrogens is 599 g/mol. The number of halogens is 1. The predicted octanol–water partition coefficient (Wildman–Crippen LogP) is 5.37. The van der Waals surface area contributed by atoms with Crippen LogP contribution in [0.4, 0.5) is 9.18 Å². The molecule has 10 heteroatoms. The number of hydrogen-bond acceptors (Lipinski definition) is 7. The minimum atomic E-state index is -1.29. The lowest BCUT2D eigenvalue weighted by atomic mass is 9.64. The number of rotatable bonds is 7. The number of ketones is 1. The van der Waals surface area contributed by atoms with Gasteiger partial charge in [0.1, 0.15) is 11.8 Å². The topological polar surface area (TPSA) is 100 Å². The van der Waals surface area contributed by atoms with Crippen molar-refractivity contribution in [3.63, 3.8) is 0 Å². The highest BCUT2D eigenvalue weighted by Crippen LogP contribution is 2.51. The van der Waals surface area contributed by atoms with Crippen LogP contribution in [-0.4, -0.2) is 95.4 Å². The zero-order valence-electron chi connectivity index (χ0n) is 29.7. The first-order chi connectivity index (χ1) is 22.1. The number of amides is 2. The van der Waals surface area contributed by atoms with Gasteiger partial charge in [0.05, 0.1) is 35.9 Å². The van der Waals surface area contributed by atoms with Gasteiger partial charge in [-0.3, -0.25) is 14.5 Å². The third kappa shape index (κ3) is 7.38. The summed E-state index contributed by atoms with van der Waals surface area (Å²) in [6.45, 7) is 15.7. The fraction of sp³-hybridized carbons (Fsp3) is 0.865. The van der Waals surface area contributed by atoms with E-state index in [1.54, 1.807) is 0 Å². The molecule has 2 amide bonds. The van der Waals surface area contributed by atoms with Crippen molar-refractivity contribution in [2.75, 3.05) is 19.6 Å². The van der Waals surface area contributed by atoms with Crippen LogP contribution in [0.25, 0.3) is 0 Å². The van der Waals surface area contributed by atoms with Gasteiger partial charge in [-0.25, -0.2) is 9.18 Å². The molecule has 2 N–H and O–H groups in total. The normalized spacial score (nSPS) is 37.4. The summed E-state index contributed by atoms with van der Waals surface area (Å²) in [4.78, 5) is 44.8. The SMILES string of the molecule is CC(C)CC(C)(C)CNC(=O)C1=CN2C3CC4CCCCC4CC3OC3C(N4CCC(NC(=O)OC(C)(C)C)C4)C(F)CC(C1=O)C32. The Bertz CT molecular complexity index is 1230. The molecule has 0 aromatic rings. The summed E-state index contributed by atoms with van der Waals surface area (Å²) < 4.78 is 29.1. The number of carbonyl (C=O) groups excluding carboxylic acids is 3. The molecule has 0 bridgehead atoms. The van der Waals surface area contributed by atoms with Gasteiger partial charge in [0, 0.05) is 37.8 Å². The molecule has 0 spiro atoms. The standard InChI is InChI=1S/C37H59FN4O5/c1-21(2)17-37(6,7)20-39-34(44)26-19-42-28-14-22-10-8-9-11-23(22)15-29(28)46-33-30(42)25(32(26)43)16-27(38)31(33)41-13-12-24(18-41)40-35(45)47-36(3,4)5/h19,21-25,27-31,33H,8-18,20H2,1-7H3,(H,39,44)(H,40,45). The molecule has 3 aliphatic carbocycles. The van der Waals surface area contributed by atoms with Crippen LogP contribution in [0.3, 0.4) is 0 Å². The molecule has 0 aromatic carbocycles. The minimum Gasteiger partial charge on any atom is -0.444 e. The Morgan fingerprint density at radius 2 is 1.74 bits per heavy atom. The van der Waals surface area contributed by atoms with Gasteiger partial charge in [-0.1, -0.05) is 53.4 Å². The first-order valence-electron chi connectivity index (χ1n) is 18.4. The largest absolute Gasteiger partial charge is 0.444 e. The molecule has 10 atom stereocenters. The van der Waals surface area contributed by atoms with E-state index in [0.29, 0.717) is 43.8 Å². The van der Waals surface area contributed by atoms with E-state index < -0.39 is 35.9 Å². The summed E-state index contributed by atoms with van der Waals surface area (Å²) >= 11 is 0. The quantitative estimate of drug-likeness (QED) is 0.355. The lowest BCUT2D eigenvalue weighted by Crippen LogP contribution is -2.73. The molecule has 6 aliphatic rings. The third-order valence-electron chi connectivity index (χ3n) is 11.7. The molecule has 264 valence electrons. The Kier molecular flexibility index (Phi) is 9.77. The number of carbonyl (C=O) groups is 3. The second-order valence-electron chi connectivity index (χ2n) is 17.7. The number of Topliss-reactive ketones (excluding diaryl/α,β-unsaturated/α-hetero) is 1. The van der Waals surface area contributed by atoms with Crippen molar-refractivity contribution in [3.8, 4) is 0 Å². The average Bonchev–Trinajstić information content (AvgIpc) is 3.42. The van der Waals surface area contributed by atoms with Gasteiger partial charge >= 0.3 is 6.09 Å². The minimum absolute atomic E-state index is 0.0676. The smallest absolute Gasteiger partial charge is 0.407 e. The summed E-state index contributed by atoms with van der Waals surface area (Å²) in [5.74, 6) is 0.488. The third-order valence-corrected chi connectivity index (χ3v) is 11.7. The van der Waals surface area contributed by atoms with Crippen LogP contribution in [0.2, 0.25) is 0 Å². The van der Waals surface area contributed by atoms with E-state index in [-0.39, 0.29) is 53.3 Å². The molecule has 3 heterocycles. The number of hydrogen-bond donors (Lipinski definition) is 2. The molecule has 2 saturated heterocycles. The molecule has 10 unspecified atom stereocenters. The molecule has 5 fully saturated rings. The molecule has 0 aromatic heterocycles. The van der Waals surface area contributed by atoms with Crippen molar-refractivity contribution >= 4 is 17.8 Å². The van der Waals surface area contributed by atoms with Gasteiger partial charge in [0.25, 0.3) is 5.91 Å². The van der Waals surface area contributed by atoms with Crippen LogP contribution in [0.5, 0.6) is 0 Å². The summed E-state index contributed by atoms with van der Waals surface area (Å²) in [6.07, 6.45) is 8.10. The first-order valence-corrected chi connectivity index (χ1v) is 18.4. The number of nitrogens with one attached hydrogen (secondary N) is 2. The number of likely N-dealkylation sites (tertiary alicyclic amines) is 1. The average molecular weight is 659 g/mol. The summed E-state index contributed by atoms with van der Waals surface area (Å²) in [5, 5.41) is 6.06. The van der Waals surface area contributed by atoms with Crippen LogP contribution in [-0.2, 0) is 19.1 Å². The number of fused-ring (bicyclic) bond motifs is 3. The van der Waals surface area contributed by atoms with Crippen molar-refractivity contribution in [3.05, 3.63) is 11.8 Å². The lowest BCUT2D eigenvalue weighted by Gasteiger charge is -2.61. The van der Waals surface area contributed by atoms with Crippen molar-refractivity contribution in [2.24, 2.45) is 29.1 Å². The first kappa shape index (κ1) is 34.7. The van der Waals surface area contributed by atoms with Gasteiger partial charge in [-0.15, -0.1) is 0 Å². The van der Waals surface area contributed by atoms with E-state index in [0.717, 1.165) is 19.3 Å². The zero-order valence-corrected chi connectivity index (χ0v) is 29.7. The maximum Gasteiger partial charge on any atom is 0.407 e. The summed E-state index contributed by atoms with van der Waals surface area (Å²) in [5.41, 5.74) is -0.531.